The molecule has 4 rings (SSSR count). The molecule has 3 aromatic rings. The number of hydrogen-bond acceptors (Lipinski definition) is 6. The first-order valence-corrected chi connectivity index (χ1v) is 8.94. The van der Waals surface area contributed by atoms with E-state index in [1.54, 1.807) is 17.4 Å². The first-order chi connectivity index (χ1) is 12.2. The molecule has 1 aliphatic heterocycles. The van der Waals surface area contributed by atoms with Gasteiger partial charge in [0.05, 0.1) is 24.6 Å². The molecule has 1 unspecified atom stereocenters. The quantitative estimate of drug-likeness (QED) is 0.701. The third kappa shape index (κ3) is 3.54. The average molecular weight is 359 g/mol. The maximum Gasteiger partial charge on any atom is 0.250 e. The van der Waals surface area contributed by atoms with Crippen LogP contribution in [0.25, 0.3) is 0 Å². The van der Waals surface area contributed by atoms with Crippen molar-refractivity contribution in [3.05, 3.63) is 58.4 Å². The Morgan fingerprint density at radius 1 is 1.44 bits per heavy atom. The minimum Gasteiger partial charge on any atom is -0.473 e. The van der Waals surface area contributed by atoms with Crippen LogP contribution in [-0.2, 0) is 13.1 Å². The van der Waals surface area contributed by atoms with Crippen molar-refractivity contribution in [2.24, 2.45) is 0 Å². The van der Waals surface area contributed by atoms with Gasteiger partial charge in [-0.15, -0.1) is 11.3 Å². The first kappa shape index (κ1) is 16.2. The minimum absolute atomic E-state index is 0.0387. The van der Waals surface area contributed by atoms with E-state index in [9.17, 15) is 4.39 Å². The lowest BCUT2D eigenvalue weighted by molar-refractivity contribution is 0.132. The van der Waals surface area contributed by atoms with Crippen molar-refractivity contribution in [2.45, 2.75) is 26.1 Å². The van der Waals surface area contributed by atoms with E-state index in [0.717, 1.165) is 36.0 Å². The fourth-order valence-corrected chi connectivity index (χ4v) is 3.85. The van der Waals surface area contributed by atoms with Gasteiger partial charge in [-0.1, -0.05) is 0 Å². The van der Waals surface area contributed by atoms with Gasteiger partial charge in [0.1, 0.15) is 11.6 Å². The number of hydrogen-bond donors (Lipinski definition) is 0. The van der Waals surface area contributed by atoms with Gasteiger partial charge in [0.15, 0.2) is 5.82 Å². The van der Waals surface area contributed by atoms with Gasteiger partial charge >= 0.3 is 0 Å². The number of halogens is 1. The average Bonchev–Trinajstić information content (AvgIpc) is 3.23. The van der Waals surface area contributed by atoms with E-state index in [-0.39, 0.29) is 11.9 Å². The number of imidazole rings is 1. The first-order valence-electron chi connectivity index (χ1n) is 8.06. The molecule has 1 atom stereocenters. The van der Waals surface area contributed by atoms with Crippen LogP contribution in [0.5, 0.6) is 5.88 Å². The summed E-state index contributed by atoms with van der Waals surface area (Å²) < 4.78 is 21.5. The van der Waals surface area contributed by atoms with Crippen molar-refractivity contribution in [3.8, 4) is 5.88 Å². The van der Waals surface area contributed by atoms with Gasteiger partial charge in [-0.25, -0.2) is 19.3 Å². The number of aryl methyl sites for hydroxylation is 1. The second-order valence-electron chi connectivity index (χ2n) is 6.10. The second-order valence-corrected chi connectivity index (χ2v) is 7.04. The van der Waals surface area contributed by atoms with Crippen molar-refractivity contribution < 1.29 is 9.13 Å². The Labute approximate surface area is 148 Å². The number of fused-ring (bicyclic) bond motifs is 1. The predicted octanol–water partition coefficient (Wildman–Crippen LogP) is 2.82. The fraction of sp³-hybridized carbons (Fsp3) is 0.353. The monoisotopic (exact) mass is 359 g/mol. The van der Waals surface area contributed by atoms with Crippen LogP contribution in [0, 0.1) is 12.7 Å². The number of aromatic nitrogens is 4. The van der Waals surface area contributed by atoms with Crippen molar-refractivity contribution in [2.75, 3.05) is 13.2 Å². The SMILES string of the molecule is Cc1csc(CN2Cc3cncn3C(COc3ncccc3F)C2)n1. The second kappa shape index (κ2) is 6.89. The summed E-state index contributed by atoms with van der Waals surface area (Å²) in [5, 5.41) is 3.16. The highest BCUT2D eigenvalue weighted by atomic mass is 32.1. The van der Waals surface area contributed by atoms with E-state index >= 15 is 0 Å². The van der Waals surface area contributed by atoms with Crippen LogP contribution < -0.4 is 4.74 Å². The van der Waals surface area contributed by atoms with Gasteiger partial charge in [0.2, 0.25) is 5.88 Å². The largest absolute Gasteiger partial charge is 0.473 e. The van der Waals surface area contributed by atoms with Crippen LogP contribution in [0.15, 0.2) is 36.2 Å². The summed E-state index contributed by atoms with van der Waals surface area (Å²) in [6, 6.07) is 2.95. The molecule has 0 aromatic carbocycles. The third-order valence-corrected chi connectivity index (χ3v) is 5.11. The smallest absolute Gasteiger partial charge is 0.250 e. The number of rotatable bonds is 5. The predicted molar refractivity (Wildman–Crippen MR) is 91.9 cm³/mol. The van der Waals surface area contributed by atoms with Gasteiger partial charge in [-0.05, 0) is 19.1 Å². The summed E-state index contributed by atoms with van der Waals surface area (Å²) >= 11 is 1.67. The van der Waals surface area contributed by atoms with Crippen molar-refractivity contribution in [1.29, 1.82) is 0 Å². The number of pyridine rings is 1. The summed E-state index contributed by atoms with van der Waals surface area (Å²) in [6.45, 7) is 4.73. The van der Waals surface area contributed by atoms with Gasteiger partial charge in [-0.2, -0.15) is 0 Å². The summed E-state index contributed by atoms with van der Waals surface area (Å²) in [5.41, 5.74) is 2.17. The van der Waals surface area contributed by atoms with E-state index in [2.05, 4.69) is 29.8 Å². The van der Waals surface area contributed by atoms with Gasteiger partial charge < -0.3 is 9.30 Å². The van der Waals surface area contributed by atoms with E-state index in [4.69, 9.17) is 4.74 Å². The molecule has 3 aromatic heterocycles. The summed E-state index contributed by atoms with van der Waals surface area (Å²) in [5.74, 6) is -0.406. The number of thiazole rings is 1. The third-order valence-electron chi connectivity index (χ3n) is 4.16. The maximum absolute atomic E-state index is 13.7. The summed E-state index contributed by atoms with van der Waals surface area (Å²) in [4.78, 5) is 15.1. The topological polar surface area (TPSA) is 56.1 Å². The zero-order valence-electron chi connectivity index (χ0n) is 13.8. The Hall–Kier alpha value is -2.32. The molecule has 25 heavy (non-hydrogen) atoms. The molecule has 0 N–H and O–H groups in total. The Bertz CT molecular complexity index is 864. The Morgan fingerprint density at radius 3 is 3.16 bits per heavy atom. The molecule has 130 valence electrons. The molecule has 0 bridgehead atoms. The highest BCUT2D eigenvalue weighted by Gasteiger charge is 2.26. The molecule has 1 aliphatic rings. The molecule has 0 saturated carbocycles. The standard InChI is InChI=1S/C17H18FN5OS/c1-12-10-25-16(21-12)8-22-6-13-5-19-11-23(13)14(7-22)9-24-17-15(18)3-2-4-20-17/h2-5,10-11,14H,6-9H2,1H3. The van der Waals surface area contributed by atoms with Crippen LogP contribution in [0.3, 0.4) is 0 Å². The molecular weight excluding hydrogens is 341 g/mol. The number of nitrogens with zero attached hydrogens (tertiary/aromatic N) is 5. The minimum atomic E-state index is -0.445. The molecule has 0 aliphatic carbocycles. The van der Waals surface area contributed by atoms with E-state index in [1.807, 2.05) is 19.4 Å². The molecule has 0 saturated heterocycles. The normalized spacial score (nSPS) is 17.4. The molecule has 0 amide bonds. The van der Waals surface area contributed by atoms with Crippen LogP contribution in [0.4, 0.5) is 4.39 Å². The van der Waals surface area contributed by atoms with Crippen LogP contribution in [-0.4, -0.2) is 37.6 Å². The highest BCUT2D eigenvalue weighted by Crippen LogP contribution is 2.24. The van der Waals surface area contributed by atoms with Crippen LogP contribution in [0.1, 0.15) is 22.4 Å². The van der Waals surface area contributed by atoms with E-state index < -0.39 is 5.82 Å². The fourth-order valence-electron chi connectivity index (χ4n) is 3.04. The molecule has 0 radical (unpaired) electrons. The lowest BCUT2D eigenvalue weighted by atomic mass is 10.2. The van der Waals surface area contributed by atoms with Gasteiger partial charge in [0, 0.05) is 36.6 Å². The van der Waals surface area contributed by atoms with Gasteiger partial charge in [-0.3, -0.25) is 4.90 Å². The Kier molecular flexibility index (Phi) is 4.46. The van der Waals surface area contributed by atoms with Crippen molar-refractivity contribution >= 4 is 11.3 Å². The van der Waals surface area contributed by atoms with Crippen LogP contribution in [0.2, 0.25) is 0 Å². The number of ether oxygens (including phenoxy) is 1. The van der Waals surface area contributed by atoms with Crippen molar-refractivity contribution in [3.63, 3.8) is 0 Å². The highest BCUT2D eigenvalue weighted by molar-refractivity contribution is 7.09. The Morgan fingerprint density at radius 2 is 2.36 bits per heavy atom. The molecule has 8 heteroatoms. The zero-order valence-corrected chi connectivity index (χ0v) is 14.6. The maximum atomic E-state index is 13.7. The zero-order chi connectivity index (χ0) is 17.2. The lowest BCUT2D eigenvalue weighted by Gasteiger charge is -2.33. The Balaban J connectivity index is 1.48. The molecular formula is C17H18FN5OS. The molecule has 0 fully saturated rings. The molecule has 6 nitrogen and oxygen atoms in total. The lowest BCUT2D eigenvalue weighted by Crippen LogP contribution is -2.39. The molecule has 4 heterocycles. The summed E-state index contributed by atoms with van der Waals surface area (Å²) in [7, 11) is 0. The summed E-state index contributed by atoms with van der Waals surface area (Å²) in [6.07, 6.45) is 5.20. The van der Waals surface area contributed by atoms with Crippen LogP contribution >= 0.6 is 11.3 Å². The van der Waals surface area contributed by atoms with Crippen molar-refractivity contribution in [1.82, 2.24) is 24.4 Å². The molecule has 0 spiro atoms. The van der Waals surface area contributed by atoms with E-state index in [1.165, 1.54) is 12.3 Å². The van der Waals surface area contributed by atoms with Gasteiger partial charge in [0.25, 0.3) is 0 Å². The van der Waals surface area contributed by atoms with E-state index in [0.29, 0.717) is 6.61 Å².